The number of likely N-dealkylation sites (tertiary alicyclic amines) is 1. The van der Waals surface area contributed by atoms with Crippen LogP contribution in [0.25, 0.3) is 0 Å². The highest BCUT2D eigenvalue weighted by molar-refractivity contribution is 7.07. The average Bonchev–Trinajstić information content (AvgIpc) is 3.34. The van der Waals surface area contributed by atoms with Gasteiger partial charge in [0.2, 0.25) is 5.91 Å². The zero-order valence-electron chi connectivity index (χ0n) is 16.6. The first-order valence-corrected chi connectivity index (χ1v) is 11.0. The van der Waals surface area contributed by atoms with Gasteiger partial charge in [-0.25, -0.2) is 0 Å². The molecule has 1 fully saturated rings. The summed E-state index contributed by atoms with van der Waals surface area (Å²) in [4.78, 5) is 27.5. The molecule has 0 aromatic carbocycles. The van der Waals surface area contributed by atoms with Gasteiger partial charge in [-0.2, -0.15) is 16.4 Å². The molecule has 156 valence electrons. The Bertz CT molecular complexity index is 850. The van der Waals surface area contributed by atoms with Gasteiger partial charge in [-0.15, -0.1) is 0 Å². The second kappa shape index (κ2) is 9.06. The summed E-state index contributed by atoms with van der Waals surface area (Å²) in [6.07, 6.45) is 2.26. The molecule has 2 aliphatic heterocycles. The Kier molecular flexibility index (Phi) is 6.27. The van der Waals surface area contributed by atoms with Crippen LogP contribution in [0, 0.1) is 5.92 Å². The lowest BCUT2D eigenvalue weighted by Crippen LogP contribution is -2.42. The van der Waals surface area contributed by atoms with E-state index in [1.54, 1.807) is 11.3 Å². The van der Waals surface area contributed by atoms with E-state index >= 15 is 0 Å². The molecule has 8 nitrogen and oxygen atoms in total. The number of amides is 2. The Morgan fingerprint density at radius 2 is 2.28 bits per heavy atom. The van der Waals surface area contributed by atoms with E-state index < -0.39 is 0 Å². The van der Waals surface area contributed by atoms with E-state index in [1.807, 2.05) is 23.9 Å². The standard InChI is InChI=1S/C20H27N5O3S/c1-25-9-14(19(26)21-8-13-5-7-29-12-13)2-3-15(10-25)22-20(27)18-16-11-28-6-4-17(16)23-24-18/h5,7,12,14-15H,2-4,6,8-11H2,1H3,(H,21,26)(H,22,27)(H,23,24)/t14-,15+/m1/s1. The third-order valence-corrected chi connectivity index (χ3v) is 6.32. The number of rotatable bonds is 5. The van der Waals surface area contributed by atoms with Gasteiger partial charge < -0.3 is 20.3 Å². The predicted molar refractivity (Wildman–Crippen MR) is 110 cm³/mol. The van der Waals surface area contributed by atoms with Crippen molar-refractivity contribution in [1.82, 2.24) is 25.7 Å². The highest BCUT2D eigenvalue weighted by atomic mass is 32.1. The van der Waals surface area contributed by atoms with Crippen LogP contribution in [0.15, 0.2) is 16.8 Å². The number of aromatic nitrogens is 2. The van der Waals surface area contributed by atoms with Crippen molar-refractivity contribution in [3.8, 4) is 0 Å². The maximum atomic E-state index is 12.8. The summed E-state index contributed by atoms with van der Waals surface area (Å²) in [6.45, 7) is 3.04. The highest BCUT2D eigenvalue weighted by Crippen LogP contribution is 2.20. The number of carbonyl (C=O) groups is 2. The minimum absolute atomic E-state index is 0.0148. The fourth-order valence-electron chi connectivity index (χ4n) is 4.02. The number of likely N-dealkylation sites (N-methyl/N-ethyl adjacent to an activating group) is 1. The smallest absolute Gasteiger partial charge is 0.272 e. The van der Waals surface area contributed by atoms with Gasteiger partial charge >= 0.3 is 0 Å². The molecule has 3 N–H and O–H groups in total. The van der Waals surface area contributed by atoms with Crippen molar-refractivity contribution in [2.75, 3.05) is 26.7 Å². The first-order valence-electron chi connectivity index (χ1n) is 10.0. The van der Waals surface area contributed by atoms with Crippen LogP contribution in [-0.4, -0.2) is 59.7 Å². The molecule has 2 aromatic rings. The van der Waals surface area contributed by atoms with Crippen LogP contribution >= 0.6 is 11.3 Å². The molecule has 0 aliphatic carbocycles. The molecular formula is C20H27N5O3S. The van der Waals surface area contributed by atoms with Gasteiger partial charge in [0.05, 0.1) is 19.1 Å². The lowest BCUT2D eigenvalue weighted by Gasteiger charge is -2.22. The van der Waals surface area contributed by atoms with Crippen molar-refractivity contribution < 1.29 is 14.3 Å². The quantitative estimate of drug-likeness (QED) is 0.681. The van der Waals surface area contributed by atoms with E-state index in [1.165, 1.54) is 0 Å². The zero-order valence-corrected chi connectivity index (χ0v) is 17.4. The number of aromatic amines is 1. The van der Waals surface area contributed by atoms with E-state index in [9.17, 15) is 9.59 Å². The van der Waals surface area contributed by atoms with Crippen molar-refractivity contribution in [2.45, 2.75) is 38.5 Å². The first kappa shape index (κ1) is 20.1. The second-order valence-electron chi connectivity index (χ2n) is 7.85. The van der Waals surface area contributed by atoms with Crippen LogP contribution in [0.4, 0.5) is 0 Å². The van der Waals surface area contributed by atoms with Crippen molar-refractivity contribution in [1.29, 1.82) is 0 Å². The maximum absolute atomic E-state index is 12.8. The number of carbonyl (C=O) groups excluding carboxylic acids is 2. The molecular weight excluding hydrogens is 390 g/mol. The lowest BCUT2D eigenvalue weighted by molar-refractivity contribution is -0.125. The summed E-state index contributed by atoms with van der Waals surface area (Å²) >= 11 is 1.63. The zero-order chi connectivity index (χ0) is 20.2. The van der Waals surface area contributed by atoms with Crippen LogP contribution in [0.5, 0.6) is 0 Å². The number of hydrogen-bond acceptors (Lipinski definition) is 6. The highest BCUT2D eigenvalue weighted by Gasteiger charge is 2.29. The number of nitrogens with zero attached hydrogens (tertiary/aromatic N) is 2. The number of fused-ring (bicyclic) bond motifs is 1. The monoisotopic (exact) mass is 417 g/mol. The van der Waals surface area contributed by atoms with Gasteiger partial charge in [0.15, 0.2) is 5.69 Å². The summed E-state index contributed by atoms with van der Waals surface area (Å²) in [5.74, 6) is -0.174. The van der Waals surface area contributed by atoms with E-state index in [0.29, 0.717) is 38.5 Å². The average molecular weight is 418 g/mol. The Morgan fingerprint density at radius 1 is 1.38 bits per heavy atom. The summed E-state index contributed by atoms with van der Waals surface area (Å²) in [5.41, 5.74) is 3.40. The molecule has 0 radical (unpaired) electrons. The van der Waals surface area contributed by atoms with E-state index in [0.717, 1.165) is 36.1 Å². The molecule has 2 aromatic heterocycles. The molecule has 0 spiro atoms. The topological polar surface area (TPSA) is 99.3 Å². The molecule has 2 aliphatic rings. The fraction of sp³-hybridized carbons (Fsp3) is 0.550. The van der Waals surface area contributed by atoms with Crippen LogP contribution in [0.2, 0.25) is 0 Å². The largest absolute Gasteiger partial charge is 0.376 e. The van der Waals surface area contributed by atoms with Crippen LogP contribution < -0.4 is 10.6 Å². The normalized spacial score (nSPS) is 22.5. The van der Waals surface area contributed by atoms with Gasteiger partial charge in [0, 0.05) is 43.4 Å². The van der Waals surface area contributed by atoms with Gasteiger partial charge in [0.1, 0.15) is 0 Å². The Hall–Kier alpha value is -2.23. The Morgan fingerprint density at radius 3 is 3.10 bits per heavy atom. The van der Waals surface area contributed by atoms with E-state index in [4.69, 9.17) is 4.74 Å². The molecule has 4 rings (SSSR count). The summed E-state index contributed by atoms with van der Waals surface area (Å²) < 4.78 is 5.47. The van der Waals surface area contributed by atoms with Gasteiger partial charge in [-0.05, 0) is 42.3 Å². The third kappa shape index (κ3) is 4.85. The van der Waals surface area contributed by atoms with Crippen LogP contribution in [-0.2, 0) is 29.1 Å². The summed E-state index contributed by atoms with van der Waals surface area (Å²) in [5, 5.41) is 17.4. The molecule has 0 bridgehead atoms. The fourth-order valence-corrected chi connectivity index (χ4v) is 4.69. The SMILES string of the molecule is CN1C[C@@H](NC(=O)c2n[nH]c3c2COCC3)CC[C@@H](C(=O)NCc2ccsc2)C1. The minimum Gasteiger partial charge on any atom is -0.376 e. The molecule has 0 unspecified atom stereocenters. The molecule has 0 saturated carbocycles. The van der Waals surface area contributed by atoms with E-state index in [-0.39, 0.29) is 23.8 Å². The van der Waals surface area contributed by atoms with Gasteiger partial charge in [-0.3, -0.25) is 14.7 Å². The molecule has 29 heavy (non-hydrogen) atoms. The van der Waals surface area contributed by atoms with Crippen molar-refractivity contribution in [3.63, 3.8) is 0 Å². The molecule has 4 heterocycles. The molecule has 9 heteroatoms. The number of ether oxygens (including phenoxy) is 1. The number of hydrogen-bond donors (Lipinski definition) is 3. The predicted octanol–water partition coefficient (Wildman–Crippen LogP) is 1.30. The Balaban J connectivity index is 1.32. The molecule has 2 amide bonds. The number of thiophene rings is 1. The van der Waals surface area contributed by atoms with E-state index in [2.05, 4.69) is 25.7 Å². The third-order valence-electron chi connectivity index (χ3n) is 5.59. The van der Waals surface area contributed by atoms with Crippen molar-refractivity contribution in [3.05, 3.63) is 39.3 Å². The van der Waals surface area contributed by atoms with Gasteiger partial charge in [0.25, 0.3) is 5.91 Å². The van der Waals surface area contributed by atoms with Crippen molar-refractivity contribution in [2.24, 2.45) is 5.92 Å². The first-order chi connectivity index (χ1) is 14.1. The van der Waals surface area contributed by atoms with Crippen LogP contribution in [0.1, 0.15) is 40.2 Å². The van der Waals surface area contributed by atoms with Gasteiger partial charge in [-0.1, -0.05) is 0 Å². The number of H-pyrrole nitrogens is 1. The van der Waals surface area contributed by atoms with Crippen LogP contribution in [0.3, 0.4) is 0 Å². The molecule has 2 atom stereocenters. The summed E-state index contributed by atoms with van der Waals surface area (Å²) in [6, 6.07) is 2.01. The lowest BCUT2D eigenvalue weighted by atomic mass is 10.0. The minimum atomic E-state index is -0.174. The Labute approximate surface area is 174 Å². The second-order valence-corrected chi connectivity index (χ2v) is 8.63. The van der Waals surface area contributed by atoms with Crippen molar-refractivity contribution >= 4 is 23.2 Å². The molecule has 1 saturated heterocycles. The maximum Gasteiger partial charge on any atom is 0.272 e. The number of nitrogens with one attached hydrogen (secondary N) is 3. The summed E-state index contributed by atoms with van der Waals surface area (Å²) in [7, 11) is 1.99.